The number of carbonyl (C=O) groups is 1. The van der Waals surface area contributed by atoms with E-state index in [0.717, 1.165) is 0 Å². The van der Waals surface area contributed by atoms with E-state index in [-0.39, 0.29) is 18.8 Å². The van der Waals surface area contributed by atoms with Crippen LogP contribution in [0.3, 0.4) is 0 Å². The lowest BCUT2D eigenvalue weighted by molar-refractivity contribution is -0.120. The van der Waals surface area contributed by atoms with Crippen LogP contribution in [-0.2, 0) is 4.79 Å². The van der Waals surface area contributed by atoms with Crippen LogP contribution in [0.5, 0.6) is 0 Å². The van der Waals surface area contributed by atoms with Gasteiger partial charge in [-0.2, -0.15) is 0 Å². The molecule has 7 heteroatoms. The maximum absolute atomic E-state index is 9.87. The van der Waals surface area contributed by atoms with Crippen molar-refractivity contribution in [1.82, 2.24) is 0 Å². The molecule has 0 aromatic carbocycles. The number of hydrogen-bond acceptors (Lipinski definition) is 6. The molecule has 0 amide bonds. The van der Waals surface area contributed by atoms with Crippen LogP contribution in [-0.4, -0.2) is 51.3 Å². The van der Waals surface area contributed by atoms with E-state index < -0.39 is 24.5 Å². The number of halogens is 1. The Labute approximate surface area is 81.4 Å². The first-order valence-electron chi connectivity index (χ1n) is 3.42. The van der Waals surface area contributed by atoms with Crippen LogP contribution < -0.4 is 5.73 Å². The molecule has 0 aliphatic heterocycles. The van der Waals surface area contributed by atoms with Crippen molar-refractivity contribution in [1.29, 1.82) is 0 Å². The van der Waals surface area contributed by atoms with Crippen molar-refractivity contribution >= 4 is 18.7 Å². The van der Waals surface area contributed by atoms with Crippen LogP contribution in [0.25, 0.3) is 0 Å². The third-order valence-corrected chi connectivity index (χ3v) is 1.43. The lowest BCUT2D eigenvalue weighted by Crippen LogP contribution is -2.48. The quantitative estimate of drug-likeness (QED) is 0.252. The van der Waals surface area contributed by atoms with Gasteiger partial charge in [-0.3, -0.25) is 0 Å². The molecule has 6 nitrogen and oxygen atoms in total. The smallest absolute Gasteiger partial charge is 0.131 e. The summed E-state index contributed by atoms with van der Waals surface area (Å²) in [5.74, 6) is 0. The monoisotopic (exact) mass is 215 g/mol. The van der Waals surface area contributed by atoms with E-state index in [4.69, 9.17) is 26.2 Å². The highest BCUT2D eigenvalue weighted by Crippen LogP contribution is 2.04. The Bertz CT molecular complexity index is 145. The van der Waals surface area contributed by atoms with E-state index in [2.05, 4.69) is 0 Å². The van der Waals surface area contributed by atoms with Gasteiger partial charge in [-0.1, -0.05) is 0 Å². The van der Waals surface area contributed by atoms with E-state index in [1.54, 1.807) is 0 Å². The molecular weight excluding hydrogens is 202 g/mol. The van der Waals surface area contributed by atoms with E-state index in [9.17, 15) is 4.79 Å². The van der Waals surface area contributed by atoms with Crippen LogP contribution in [0.2, 0.25) is 0 Å². The van der Waals surface area contributed by atoms with E-state index in [1.165, 1.54) is 0 Å². The largest absolute Gasteiger partial charge is 0.390 e. The number of aldehydes is 1. The molecule has 0 bridgehead atoms. The molecule has 0 radical (unpaired) electrons. The fourth-order valence-corrected chi connectivity index (χ4v) is 0.668. The van der Waals surface area contributed by atoms with Crippen molar-refractivity contribution in [3.63, 3.8) is 0 Å². The second kappa shape index (κ2) is 7.19. The first kappa shape index (κ1) is 15.2. The summed E-state index contributed by atoms with van der Waals surface area (Å²) >= 11 is 0. The van der Waals surface area contributed by atoms with Crippen LogP contribution in [0.1, 0.15) is 6.42 Å². The fraction of sp³-hybridized carbons (Fsp3) is 0.833. The number of aliphatic hydroxyl groups is 4. The second-order valence-electron chi connectivity index (χ2n) is 2.44. The Morgan fingerprint density at radius 2 is 1.62 bits per heavy atom. The van der Waals surface area contributed by atoms with Gasteiger partial charge in [0.25, 0.3) is 0 Å². The molecule has 6 N–H and O–H groups in total. The normalized spacial score (nSPS) is 19.5. The van der Waals surface area contributed by atoms with Gasteiger partial charge in [0.1, 0.15) is 24.7 Å². The maximum Gasteiger partial charge on any atom is 0.131 e. The number of carbonyl (C=O) groups excluding carboxylic acids is 1. The van der Waals surface area contributed by atoms with Gasteiger partial charge >= 0.3 is 0 Å². The van der Waals surface area contributed by atoms with E-state index in [1.807, 2.05) is 0 Å². The molecule has 0 aromatic rings. The molecule has 1 unspecified atom stereocenters. The van der Waals surface area contributed by atoms with E-state index in [0.29, 0.717) is 6.29 Å². The predicted molar refractivity (Wildman–Crippen MR) is 46.1 cm³/mol. The summed E-state index contributed by atoms with van der Waals surface area (Å²) in [5, 5.41) is 35.4. The van der Waals surface area contributed by atoms with Gasteiger partial charge in [-0.05, 0) is 0 Å². The van der Waals surface area contributed by atoms with Gasteiger partial charge < -0.3 is 31.0 Å². The zero-order chi connectivity index (χ0) is 9.72. The average molecular weight is 216 g/mol. The molecule has 80 valence electrons. The van der Waals surface area contributed by atoms with Gasteiger partial charge in [-0.25, -0.2) is 0 Å². The summed E-state index contributed by atoms with van der Waals surface area (Å²) in [6.07, 6.45) is -6.23. The Morgan fingerprint density at radius 1 is 1.15 bits per heavy atom. The third kappa shape index (κ3) is 5.14. The van der Waals surface area contributed by atoms with E-state index >= 15 is 0 Å². The summed E-state index contributed by atoms with van der Waals surface area (Å²) < 4.78 is 0. The Hall–Kier alpha value is -0.240. The van der Waals surface area contributed by atoms with Crippen LogP contribution in [0.4, 0.5) is 0 Å². The molecule has 0 fully saturated rings. The van der Waals surface area contributed by atoms with Gasteiger partial charge in [0.05, 0.1) is 6.10 Å². The SMILES string of the molecule is Cl.NC(O)[C@@H](O)[C@@H](O)[C@H](O)CC=O. The van der Waals surface area contributed by atoms with Crippen LogP contribution >= 0.6 is 12.4 Å². The molecule has 4 atom stereocenters. The number of nitrogens with two attached hydrogens (primary N) is 1. The zero-order valence-electron chi connectivity index (χ0n) is 6.78. The van der Waals surface area contributed by atoms with Crippen LogP contribution in [0, 0.1) is 0 Å². The molecular formula is C6H14ClNO5. The molecule has 0 heterocycles. The molecule has 0 aromatic heterocycles. The minimum Gasteiger partial charge on any atom is -0.390 e. The predicted octanol–water partition coefficient (Wildman–Crippen LogP) is -2.64. The number of aliphatic hydroxyl groups excluding tert-OH is 4. The molecule has 0 saturated carbocycles. The molecule has 0 rings (SSSR count). The molecule has 0 aliphatic carbocycles. The summed E-state index contributed by atoms with van der Waals surface area (Å²) in [6, 6.07) is 0. The molecule has 0 spiro atoms. The highest BCUT2D eigenvalue weighted by Gasteiger charge is 2.27. The second-order valence-corrected chi connectivity index (χ2v) is 2.44. The van der Waals surface area contributed by atoms with Crippen LogP contribution in [0.15, 0.2) is 0 Å². The van der Waals surface area contributed by atoms with Crippen molar-refractivity contribution in [3.05, 3.63) is 0 Å². The standard InChI is InChI=1S/C6H13NO5.ClH/c7-6(12)5(11)4(10)3(9)1-2-8;/h2-6,9-12H,1,7H2;1H/t3-,4+,5+,6?;/m1./s1. The lowest BCUT2D eigenvalue weighted by atomic mass is 10.1. The molecule has 0 aliphatic rings. The van der Waals surface area contributed by atoms with Crippen molar-refractivity contribution in [3.8, 4) is 0 Å². The minimum atomic E-state index is -1.65. The summed E-state index contributed by atoms with van der Waals surface area (Å²) in [4.78, 5) is 9.87. The number of rotatable bonds is 5. The van der Waals surface area contributed by atoms with Gasteiger partial charge in [0.15, 0.2) is 0 Å². The Morgan fingerprint density at radius 3 is 1.92 bits per heavy atom. The lowest BCUT2D eigenvalue weighted by Gasteiger charge is -2.23. The summed E-state index contributed by atoms with van der Waals surface area (Å²) in [6.45, 7) is 0. The van der Waals surface area contributed by atoms with Crippen molar-refractivity contribution in [2.75, 3.05) is 0 Å². The zero-order valence-corrected chi connectivity index (χ0v) is 7.59. The van der Waals surface area contributed by atoms with Crippen molar-refractivity contribution in [2.45, 2.75) is 31.0 Å². The highest BCUT2D eigenvalue weighted by atomic mass is 35.5. The van der Waals surface area contributed by atoms with Gasteiger partial charge in [0, 0.05) is 6.42 Å². The average Bonchev–Trinajstić information content (AvgIpc) is 2.02. The van der Waals surface area contributed by atoms with Gasteiger partial charge in [-0.15, -0.1) is 12.4 Å². The van der Waals surface area contributed by atoms with Gasteiger partial charge in [0.2, 0.25) is 0 Å². The topological polar surface area (TPSA) is 124 Å². The highest BCUT2D eigenvalue weighted by molar-refractivity contribution is 5.85. The van der Waals surface area contributed by atoms with Crippen molar-refractivity contribution in [2.24, 2.45) is 5.73 Å². The Balaban J connectivity index is 0. The molecule has 13 heavy (non-hydrogen) atoms. The van der Waals surface area contributed by atoms with Crippen molar-refractivity contribution < 1.29 is 25.2 Å². The Kier molecular flexibility index (Phi) is 8.43. The summed E-state index contributed by atoms with van der Waals surface area (Å²) in [7, 11) is 0. The maximum atomic E-state index is 9.87. The summed E-state index contributed by atoms with van der Waals surface area (Å²) in [5.41, 5.74) is 4.82. The number of hydrogen-bond donors (Lipinski definition) is 5. The first-order valence-corrected chi connectivity index (χ1v) is 3.42. The third-order valence-electron chi connectivity index (χ3n) is 1.43. The molecule has 0 saturated heterocycles. The first-order chi connectivity index (χ1) is 5.50. The minimum absolute atomic E-state index is 0. The fourth-order valence-electron chi connectivity index (χ4n) is 0.668.